The van der Waals surface area contributed by atoms with E-state index in [0.29, 0.717) is 19.3 Å². The topological polar surface area (TPSA) is 83.5 Å². The lowest BCUT2D eigenvalue weighted by atomic mass is 9.75. The summed E-state index contributed by atoms with van der Waals surface area (Å²) in [6, 6.07) is 0. The number of rotatable bonds is 6. The first kappa shape index (κ1) is 15.4. The van der Waals surface area contributed by atoms with E-state index in [0.717, 1.165) is 6.42 Å². The second-order valence-corrected chi connectivity index (χ2v) is 8.28. The van der Waals surface area contributed by atoms with Crippen molar-refractivity contribution in [1.29, 1.82) is 0 Å². The van der Waals surface area contributed by atoms with Crippen LogP contribution in [-0.4, -0.2) is 30.8 Å². The smallest absolute Gasteiger partial charge is 0.305 e. The molecule has 1 fully saturated rings. The van der Waals surface area contributed by atoms with Crippen LogP contribution in [0.5, 0.6) is 0 Å². The molecule has 2 N–H and O–H groups in total. The molecule has 0 spiro atoms. The molecule has 0 aromatic carbocycles. The quantitative estimate of drug-likeness (QED) is 0.774. The summed E-state index contributed by atoms with van der Waals surface area (Å²) >= 11 is 0. The van der Waals surface area contributed by atoms with Crippen LogP contribution >= 0.6 is 0 Å². The van der Waals surface area contributed by atoms with Gasteiger partial charge in [-0.3, -0.25) is 4.79 Å². The third-order valence-corrected chi connectivity index (χ3v) is 4.78. The summed E-state index contributed by atoms with van der Waals surface area (Å²) < 4.78 is 26.5. The van der Waals surface area contributed by atoms with Gasteiger partial charge in [0.15, 0.2) is 0 Å². The predicted molar refractivity (Wildman–Crippen MR) is 69.8 cm³/mol. The summed E-state index contributed by atoms with van der Waals surface area (Å²) in [5, 5.41) is 8.84. The van der Waals surface area contributed by atoms with Gasteiger partial charge in [0, 0.05) is 5.54 Å². The molecule has 18 heavy (non-hydrogen) atoms. The molecule has 5 nitrogen and oxygen atoms in total. The molecular formula is C12H23NO4S. The first-order chi connectivity index (χ1) is 8.04. The Labute approximate surface area is 109 Å². The first-order valence-corrected chi connectivity index (χ1v) is 7.92. The summed E-state index contributed by atoms with van der Waals surface area (Å²) in [7, 11) is -3.39. The Balaban J connectivity index is 2.61. The molecule has 6 heteroatoms. The number of sulfonamides is 1. The van der Waals surface area contributed by atoms with Crippen molar-refractivity contribution < 1.29 is 18.3 Å². The van der Waals surface area contributed by atoms with Crippen LogP contribution in [0.1, 0.15) is 52.9 Å². The Bertz CT molecular complexity index is 404. The van der Waals surface area contributed by atoms with Gasteiger partial charge in [-0.2, -0.15) is 0 Å². The molecule has 106 valence electrons. The van der Waals surface area contributed by atoms with Crippen molar-refractivity contribution in [2.24, 2.45) is 5.41 Å². The zero-order chi connectivity index (χ0) is 14.0. The van der Waals surface area contributed by atoms with E-state index in [1.165, 1.54) is 0 Å². The first-order valence-electron chi connectivity index (χ1n) is 6.27. The number of carboxylic acids is 1. The van der Waals surface area contributed by atoms with Crippen LogP contribution < -0.4 is 4.72 Å². The fraction of sp³-hybridized carbons (Fsp3) is 0.917. The van der Waals surface area contributed by atoms with Crippen molar-refractivity contribution in [3.63, 3.8) is 0 Å². The fourth-order valence-corrected chi connectivity index (χ4v) is 3.95. The van der Waals surface area contributed by atoms with E-state index in [4.69, 9.17) is 5.11 Å². The van der Waals surface area contributed by atoms with Crippen LogP contribution in [0.25, 0.3) is 0 Å². The highest BCUT2D eigenvalue weighted by Crippen LogP contribution is 2.35. The lowest BCUT2D eigenvalue weighted by Gasteiger charge is -2.41. The van der Waals surface area contributed by atoms with Crippen molar-refractivity contribution in [3.05, 3.63) is 0 Å². The Kier molecular flexibility index (Phi) is 4.43. The number of nitrogens with one attached hydrogen (secondary N) is 1. The minimum Gasteiger partial charge on any atom is -0.481 e. The minimum atomic E-state index is -3.39. The van der Waals surface area contributed by atoms with E-state index in [1.54, 1.807) is 0 Å². The van der Waals surface area contributed by atoms with Crippen molar-refractivity contribution in [1.82, 2.24) is 4.72 Å². The molecule has 0 heterocycles. The van der Waals surface area contributed by atoms with E-state index >= 15 is 0 Å². The van der Waals surface area contributed by atoms with E-state index in [-0.39, 0.29) is 17.6 Å². The van der Waals surface area contributed by atoms with Crippen LogP contribution in [-0.2, 0) is 14.8 Å². The largest absolute Gasteiger partial charge is 0.481 e. The Hall–Kier alpha value is -0.620. The maximum Gasteiger partial charge on any atom is 0.305 e. The van der Waals surface area contributed by atoms with Crippen LogP contribution in [0.4, 0.5) is 0 Å². The molecule has 0 aromatic rings. The van der Waals surface area contributed by atoms with Gasteiger partial charge in [-0.1, -0.05) is 20.8 Å². The van der Waals surface area contributed by atoms with Crippen LogP contribution in [0.15, 0.2) is 0 Å². The minimum absolute atomic E-state index is 0.0473. The average Bonchev–Trinajstić information content (AvgIpc) is 2.09. The van der Waals surface area contributed by atoms with Crippen molar-refractivity contribution in [2.45, 2.75) is 58.4 Å². The van der Waals surface area contributed by atoms with Gasteiger partial charge < -0.3 is 5.11 Å². The second-order valence-electron chi connectivity index (χ2n) is 6.44. The zero-order valence-corrected chi connectivity index (χ0v) is 12.1. The molecule has 0 aromatic heterocycles. The second kappa shape index (κ2) is 5.17. The lowest BCUT2D eigenvalue weighted by Crippen LogP contribution is -2.55. The number of hydrogen-bond acceptors (Lipinski definition) is 3. The van der Waals surface area contributed by atoms with Gasteiger partial charge in [0.1, 0.15) is 0 Å². The van der Waals surface area contributed by atoms with Crippen LogP contribution in [0.3, 0.4) is 0 Å². The summed E-state index contributed by atoms with van der Waals surface area (Å²) in [4.78, 5) is 10.8. The zero-order valence-electron chi connectivity index (χ0n) is 11.3. The summed E-state index contributed by atoms with van der Waals surface area (Å²) in [6.45, 7) is 5.96. The third kappa shape index (κ3) is 4.94. The lowest BCUT2D eigenvalue weighted by molar-refractivity contribution is -0.139. The van der Waals surface area contributed by atoms with Gasteiger partial charge in [0.2, 0.25) is 10.0 Å². The third-order valence-electron chi connectivity index (χ3n) is 3.29. The molecular weight excluding hydrogens is 254 g/mol. The SMILES string of the molecule is CC(C)(C)CCS(=O)(=O)NC1(CC(=O)O)CCC1. The molecule has 0 saturated heterocycles. The molecule has 1 aliphatic carbocycles. The molecule has 0 radical (unpaired) electrons. The van der Waals surface area contributed by atoms with E-state index in [1.807, 2.05) is 20.8 Å². The van der Waals surface area contributed by atoms with Gasteiger partial charge in [0.05, 0.1) is 12.2 Å². The van der Waals surface area contributed by atoms with Crippen molar-refractivity contribution in [2.75, 3.05) is 5.75 Å². The monoisotopic (exact) mass is 277 g/mol. The predicted octanol–water partition coefficient (Wildman–Crippen LogP) is 1.74. The molecule has 1 saturated carbocycles. The average molecular weight is 277 g/mol. The fourth-order valence-electron chi connectivity index (χ4n) is 2.03. The molecule has 1 rings (SSSR count). The van der Waals surface area contributed by atoms with E-state index in [9.17, 15) is 13.2 Å². The van der Waals surface area contributed by atoms with Gasteiger partial charge in [-0.25, -0.2) is 13.1 Å². The van der Waals surface area contributed by atoms with Crippen molar-refractivity contribution >= 4 is 16.0 Å². The molecule has 0 aliphatic heterocycles. The van der Waals surface area contributed by atoms with Gasteiger partial charge in [-0.15, -0.1) is 0 Å². The number of carboxylic acid groups (broad SMARTS) is 1. The maximum atomic E-state index is 12.0. The highest BCUT2D eigenvalue weighted by atomic mass is 32.2. The summed E-state index contributed by atoms with van der Waals surface area (Å²) in [5.74, 6) is -0.897. The Morgan fingerprint density at radius 1 is 1.33 bits per heavy atom. The van der Waals surface area contributed by atoms with Gasteiger partial charge in [0.25, 0.3) is 0 Å². The highest BCUT2D eigenvalue weighted by molar-refractivity contribution is 7.89. The normalized spacial score (nSPS) is 19.3. The number of aliphatic carboxylic acids is 1. The molecule has 0 amide bonds. The molecule has 1 aliphatic rings. The molecule has 0 bridgehead atoms. The Morgan fingerprint density at radius 2 is 1.89 bits per heavy atom. The number of hydrogen-bond donors (Lipinski definition) is 2. The maximum absolute atomic E-state index is 12.0. The van der Waals surface area contributed by atoms with Gasteiger partial charge in [-0.05, 0) is 31.1 Å². The van der Waals surface area contributed by atoms with Crippen molar-refractivity contribution in [3.8, 4) is 0 Å². The molecule has 0 unspecified atom stereocenters. The number of carbonyl (C=O) groups is 1. The summed E-state index contributed by atoms with van der Waals surface area (Å²) in [5.41, 5.74) is -0.781. The highest BCUT2D eigenvalue weighted by Gasteiger charge is 2.42. The van der Waals surface area contributed by atoms with Crippen LogP contribution in [0.2, 0.25) is 0 Å². The summed E-state index contributed by atoms with van der Waals surface area (Å²) in [6.07, 6.45) is 2.56. The Morgan fingerprint density at radius 3 is 2.22 bits per heavy atom. The van der Waals surface area contributed by atoms with E-state index < -0.39 is 21.5 Å². The standard InChI is InChI=1S/C12H23NO4S/c1-11(2,3)7-8-18(16,17)13-12(5-4-6-12)9-10(14)15/h13H,4-9H2,1-3H3,(H,14,15). The van der Waals surface area contributed by atoms with Gasteiger partial charge >= 0.3 is 5.97 Å². The van der Waals surface area contributed by atoms with Crippen LogP contribution in [0, 0.1) is 5.41 Å². The van der Waals surface area contributed by atoms with E-state index in [2.05, 4.69) is 4.72 Å². The molecule has 0 atom stereocenters.